The molecule has 0 amide bonds. The van der Waals surface area contributed by atoms with Crippen LogP contribution in [0.15, 0.2) is 0 Å². The third kappa shape index (κ3) is 5.18. The molecule has 0 aromatic heterocycles. The zero-order chi connectivity index (χ0) is 20.8. The van der Waals surface area contributed by atoms with Gasteiger partial charge in [-0.15, -0.1) is 0 Å². The summed E-state index contributed by atoms with van der Waals surface area (Å²) >= 11 is 0. The molecule has 7 nitrogen and oxygen atoms in total. The van der Waals surface area contributed by atoms with Crippen molar-refractivity contribution in [3.8, 4) is 0 Å². The summed E-state index contributed by atoms with van der Waals surface area (Å²) in [6.45, 7) is 13.5. The summed E-state index contributed by atoms with van der Waals surface area (Å²) < 4.78 is 42.4. The lowest BCUT2D eigenvalue weighted by molar-refractivity contribution is -0.370. The average Bonchev–Trinajstić information content (AvgIpc) is 2.48. The molecule has 2 aliphatic heterocycles. The van der Waals surface area contributed by atoms with Crippen LogP contribution in [0, 0.1) is 10.8 Å². The van der Waals surface area contributed by atoms with Gasteiger partial charge in [0.15, 0.2) is 18.0 Å². The number of halogens is 1. The van der Waals surface area contributed by atoms with E-state index < -0.39 is 59.3 Å². The van der Waals surface area contributed by atoms with Gasteiger partial charge < -0.3 is 23.7 Å². The van der Waals surface area contributed by atoms with Gasteiger partial charge in [-0.3, -0.25) is 9.59 Å². The summed E-state index contributed by atoms with van der Waals surface area (Å²) in [5.74, 6) is -2.15. The molecule has 0 radical (unpaired) electrons. The molecule has 8 heteroatoms. The van der Waals surface area contributed by atoms with Crippen molar-refractivity contribution < 1.29 is 37.7 Å². The van der Waals surface area contributed by atoms with Gasteiger partial charge in [0, 0.05) is 0 Å². The Morgan fingerprint density at radius 2 is 1.44 bits per heavy atom. The predicted molar refractivity (Wildman–Crippen MR) is 93.3 cm³/mol. The van der Waals surface area contributed by atoms with E-state index in [4.69, 9.17) is 23.7 Å². The molecule has 0 aromatic rings. The zero-order valence-corrected chi connectivity index (χ0v) is 17.3. The maximum absolute atomic E-state index is 14.8. The molecule has 0 spiro atoms. The van der Waals surface area contributed by atoms with Crippen LogP contribution in [0.1, 0.15) is 55.4 Å². The highest BCUT2D eigenvalue weighted by Gasteiger charge is 2.56. The number of carbonyl (C=O) groups excluding carboxylic acids is 2. The number of hydrogen-bond donors (Lipinski definition) is 0. The summed E-state index contributed by atoms with van der Waals surface area (Å²) in [7, 11) is 0. The normalized spacial score (nSPS) is 33.7. The molecule has 0 unspecified atom stereocenters. The Bertz CT molecular complexity index is 576. The SMILES string of the molecule is CC1(C)OC[C@H]2O[C@@H](F)[C@H](OC(=O)C(C)(C)C)[C@@H](OC(=O)C(C)(C)C)[C@@H]2O1. The first-order valence-electron chi connectivity index (χ1n) is 9.15. The maximum Gasteiger partial charge on any atom is 0.311 e. The topological polar surface area (TPSA) is 80.3 Å². The molecule has 0 saturated carbocycles. The monoisotopic (exact) mass is 390 g/mol. The Hall–Kier alpha value is -1.25. The molecular weight excluding hydrogens is 359 g/mol. The number of fused-ring (bicyclic) bond motifs is 1. The molecule has 0 N–H and O–H groups in total. The van der Waals surface area contributed by atoms with Crippen LogP contribution in [0.3, 0.4) is 0 Å². The first-order valence-corrected chi connectivity index (χ1v) is 9.15. The number of rotatable bonds is 2. The van der Waals surface area contributed by atoms with E-state index in [1.165, 1.54) is 0 Å². The molecule has 2 heterocycles. The second kappa shape index (κ2) is 7.29. The van der Waals surface area contributed by atoms with Crippen molar-refractivity contribution in [2.75, 3.05) is 6.61 Å². The highest BCUT2D eigenvalue weighted by Crippen LogP contribution is 2.37. The van der Waals surface area contributed by atoms with E-state index in [1.807, 2.05) is 0 Å². The fraction of sp³-hybridized carbons (Fsp3) is 0.895. The molecule has 0 aromatic carbocycles. The van der Waals surface area contributed by atoms with Crippen LogP contribution in [0.4, 0.5) is 4.39 Å². The molecule has 0 bridgehead atoms. The Balaban J connectivity index is 2.33. The summed E-state index contributed by atoms with van der Waals surface area (Å²) in [6, 6.07) is 0. The number of carbonyl (C=O) groups is 2. The fourth-order valence-corrected chi connectivity index (χ4v) is 2.65. The maximum atomic E-state index is 14.8. The Labute approximate surface area is 159 Å². The summed E-state index contributed by atoms with van der Waals surface area (Å²) in [4.78, 5) is 24.8. The van der Waals surface area contributed by atoms with Crippen molar-refractivity contribution >= 4 is 11.9 Å². The first-order chi connectivity index (χ1) is 12.1. The van der Waals surface area contributed by atoms with Gasteiger partial charge >= 0.3 is 11.9 Å². The average molecular weight is 390 g/mol. The van der Waals surface area contributed by atoms with E-state index in [1.54, 1.807) is 55.4 Å². The second-order valence-electron chi connectivity index (χ2n) is 9.56. The van der Waals surface area contributed by atoms with Crippen molar-refractivity contribution in [1.29, 1.82) is 0 Å². The van der Waals surface area contributed by atoms with Gasteiger partial charge in [0.25, 0.3) is 0 Å². The van der Waals surface area contributed by atoms with Gasteiger partial charge in [-0.1, -0.05) is 0 Å². The van der Waals surface area contributed by atoms with E-state index in [2.05, 4.69) is 0 Å². The van der Waals surface area contributed by atoms with E-state index in [9.17, 15) is 14.0 Å². The highest BCUT2D eigenvalue weighted by atomic mass is 19.1. The minimum absolute atomic E-state index is 0.0710. The molecule has 27 heavy (non-hydrogen) atoms. The van der Waals surface area contributed by atoms with Crippen molar-refractivity contribution in [3.63, 3.8) is 0 Å². The lowest BCUT2D eigenvalue weighted by Gasteiger charge is -2.49. The molecule has 2 fully saturated rings. The van der Waals surface area contributed by atoms with Crippen LogP contribution in [-0.4, -0.2) is 55.1 Å². The first kappa shape index (κ1) is 22.0. The molecule has 2 aliphatic rings. The van der Waals surface area contributed by atoms with E-state index in [-0.39, 0.29) is 6.61 Å². The van der Waals surface area contributed by atoms with Gasteiger partial charge in [0.2, 0.25) is 6.36 Å². The number of alkyl halides is 1. The molecule has 2 rings (SSSR count). The quantitative estimate of drug-likeness (QED) is 0.671. The molecular formula is C19H31FO7. The van der Waals surface area contributed by atoms with Gasteiger partial charge in [0.05, 0.1) is 17.4 Å². The van der Waals surface area contributed by atoms with Crippen molar-refractivity contribution in [2.45, 2.75) is 92.0 Å². The lowest BCUT2D eigenvalue weighted by atomic mass is 9.93. The van der Waals surface area contributed by atoms with Gasteiger partial charge in [-0.05, 0) is 55.4 Å². The summed E-state index contributed by atoms with van der Waals surface area (Å²) in [6.07, 6.45) is -6.16. The number of esters is 2. The largest absolute Gasteiger partial charge is 0.455 e. The zero-order valence-electron chi connectivity index (χ0n) is 17.3. The highest BCUT2D eigenvalue weighted by molar-refractivity contribution is 5.76. The smallest absolute Gasteiger partial charge is 0.311 e. The summed E-state index contributed by atoms with van der Waals surface area (Å²) in [5, 5.41) is 0. The number of ether oxygens (including phenoxy) is 5. The summed E-state index contributed by atoms with van der Waals surface area (Å²) in [5.41, 5.74) is -1.68. The molecule has 0 aliphatic carbocycles. The second-order valence-corrected chi connectivity index (χ2v) is 9.56. The Morgan fingerprint density at radius 3 is 1.93 bits per heavy atom. The van der Waals surface area contributed by atoms with E-state index in [0.29, 0.717) is 0 Å². The Kier molecular flexibility index (Phi) is 5.95. The van der Waals surface area contributed by atoms with Crippen LogP contribution >= 0.6 is 0 Å². The van der Waals surface area contributed by atoms with Gasteiger partial charge in [-0.2, -0.15) is 0 Å². The Morgan fingerprint density at radius 1 is 0.963 bits per heavy atom. The van der Waals surface area contributed by atoms with Crippen LogP contribution in [-0.2, 0) is 33.3 Å². The van der Waals surface area contributed by atoms with Crippen molar-refractivity contribution in [2.24, 2.45) is 10.8 Å². The third-order valence-electron chi connectivity index (χ3n) is 4.30. The standard InChI is InChI=1S/C19H31FO7/c1-17(2,3)15(21)25-12-11-10(9-23-19(7,8)27-11)24-14(20)13(12)26-16(22)18(4,5)6/h10-14H,9H2,1-8H3/t10-,11-,12+,13-,14-/m1/s1. The van der Waals surface area contributed by atoms with Crippen molar-refractivity contribution in [1.82, 2.24) is 0 Å². The van der Waals surface area contributed by atoms with Crippen LogP contribution in [0.25, 0.3) is 0 Å². The van der Waals surface area contributed by atoms with Crippen LogP contribution < -0.4 is 0 Å². The number of hydrogen-bond acceptors (Lipinski definition) is 7. The van der Waals surface area contributed by atoms with E-state index in [0.717, 1.165) is 0 Å². The van der Waals surface area contributed by atoms with Crippen LogP contribution in [0.5, 0.6) is 0 Å². The van der Waals surface area contributed by atoms with Gasteiger partial charge in [-0.25, -0.2) is 4.39 Å². The van der Waals surface area contributed by atoms with Crippen molar-refractivity contribution in [3.05, 3.63) is 0 Å². The molecule has 156 valence electrons. The van der Waals surface area contributed by atoms with Crippen LogP contribution in [0.2, 0.25) is 0 Å². The molecule has 5 atom stereocenters. The third-order valence-corrected chi connectivity index (χ3v) is 4.30. The minimum atomic E-state index is -1.97. The minimum Gasteiger partial charge on any atom is -0.455 e. The lowest BCUT2D eigenvalue weighted by Crippen LogP contribution is -2.65. The molecule has 2 saturated heterocycles. The van der Waals surface area contributed by atoms with Gasteiger partial charge in [0.1, 0.15) is 12.2 Å². The van der Waals surface area contributed by atoms with E-state index >= 15 is 0 Å². The fourth-order valence-electron chi connectivity index (χ4n) is 2.65. The predicted octanol–water partition coefficient (Wildman–Crippen LogP) is 2.75.